The first-order valence-electron chi connectivity index (χ1n) is 8.64. The molecule has 1 aromatic rings. The van der Waals surface area contributed by atoms with Gasteiger partial charge in [-0.25, -0.2) is 0 Å². The van der Waals surface area contributed by atoms with Gasteiger partial charge in [-0.2, -0.15) is 0 Å². The van der Waals surface area contributed by atoms with Crippen molar-refractivity contribution in [3.63, 3.8) is 0 Å². The summed E-state index contributed by atoms with van der Waals surface area (Å²) in [6, 6.07) is 6.43. The maximum Gasteiger partial charge on any atom is 0.169 e. The molecule has 23 heavy (non-hydrogen) atoms. The molecule has 1 aromatic carbocycles. The Hall–Kier alpha value is -1.33. The van der Waals surface area contributed by atoms with E-state index in [4.69, 9.17) is 17.0 Å². The normalized spacial score (nSPS) is 15.5. The summed E-state index contributed by atoms with van der Waals surface area (Å²) in [6.45, 7) is 10.6. The number of rotatable bonds is 6. The van der Waals surface area contributed by atoms with E-state index in [2.05, 4.69) is 42.3 Å². The van der Waals surface area contributed by atoms with Crippen LogP contribution in [0.2, 0.25) is 0 Å². The Kier molecular flexibility index (Phi) is 7.12. The van der Waals surface area contributed by atoms with Crippen molar-refractivity contribution in [3.05, 3.63) is 29.3 Å². The summed E-state index contributed by atoms with van der Waals surface area (Å²) in [4.78, 5) is 3.91. The lowest BCUT2D eigenvalue weighted by Crippen LogP contribution is -3.13. The van der Waals surface area contributed by atoms with Crippen LogP contribution in [0.4, 0.5) is 0 Å². The Morgan fingerprint density at radius 1 is 1.35 bits per heavy atom. The molecule has 0 radical (unpaired) electrons. The molecular formula is C18H30N3OS+. The van der Waals surface area contributed by atoms with Crippen LogP contribution in [0.15, 0.2) is 18.2 Å². The van der Waals surface area contributed by atoms with Crippen LogP contribution in [0, 0.1) is 6.92 Å². The maximum atomic E-state index is 5.50. The molecule has 1 aliphatic heterocycles. The van der Waals surface area contributed by atoms with Crippen molar-refractivity contribution in [3.8, 4) is 5.75 Å². The minimum Gasteiger partial charge on any atom is -0.496 e. The van der Waals surface area contributed by atoms with E-state index < -0.39 is 0 Å². The van der Waals surface area contributed by atoms with Crippen LogP contribution in [0.3, 0.4) is 0 Å². The van der Waals surface area contributed by atoms with Gasteiger partial charge in [0.15, 0.2) is 5.11 Å². The van der Waals surface area contributed by atoms with E-state index in [1.165, 1.54) is 24.0 Å². The molecule has 4 nitrogen and oxygen atoms in total. The maximum absolute atomic E-state index is 5.50. The smallest absolute Gasteiger partial charge is 0.169 e. The van der Waals surface area contributed by atoms with Crippen molar-refractivity contribution in [2.75, 3.05) is 39.8 Å². The minimum absolute atomic E-state index is 0.922. The van der Waals surface area contributed by atoms with E-state index in [9.17, 15) is 0 Å². The Bertz CT molecular complexity index is 513. The number of hydrogen-bond acceptors (Lipinski definition) is 2. The monoisotopic (exact) mass is 336 g/mol. The predicted octanol–water partition coefficient (Wildman–Crippen LogP) is 1.38. The second-order valence-electron chi connectivity index (χ2n) is 6.31. The molecule has 128 valence electrons. The van der Waals surface area contributed by atoms with Gasteiger partial charge in [0.1, 0.15) is 12.3 Å². The van der Waals surface area contributed by atoms with Gasteiger partial charge >= 0.3 is 0 Å². The van der Waals surface area contributed by atoms with Gasteiger partial charge in [0.05, 0.1) is 33.3 Å². The molecule has 1 fully saturated rings. The molecule has 1 heterocycles. The number of methoxy groups -OCH3 is 1. The van der Waals surface area contributed by atoms with E-state index >= 15 is 0 Å². The van der Waals surface area contributed by atoms with Gasteiger partial charge in [0.2, 0.25) is 0 Å². The SMILES string of the molecule is CCCCNC(=S)N1CC[NH+](Cc2cc(C)ccc2OC)CC1. The largest absolute Gasteiger partial charge is 0.496 e. The number of benzene rings is 1. The number of nitrogens with one attached hydrogen (secondary N) is 2. The molecule has 0 saturated carbocycles. The molecule has 0 aliphatic carbocycles. The number of hydrogen-bond donors (Lipinski definition) is 2. The first kappa shape index (κ1) is 18.0. The van der Waals surface area contributed by atoms with Gasteiger partial charge in [-0.3, -0.25) is 0 Å². The van der Waals surface area contributed by atoms with E-state index in [0.29, 0.717) is 0 Å². The fraction of sp³-hybridized carbons (Fsp3) is 0.611. The quantitative estimate of drug-likeness (QED) is 0.607. The Balaban J connectivity index is 1.83. The highest BCUT2D eigenvalue weighted by Gasteiger charge is 2.22. The molecule has 0 spiro atoms. The number of ether oxygens (including phenoxy) is 1. The first-order chi connectivity index (χ1) is 11.1. The van der Waals surface area contributed by atoms with Crippen LogP contribution in [0.25, 0.3) is 0 Å². The lowest BCUT2D eigenvalue weighted by Gasteiger charge is -2.34. The van der Waals surface area contributed by atoms with Crippen molar-refractivity contribution in [2.24, 2.45) is 0 Å². The highest BCUT2D eigenvalue weighted by Crippen LogP contribution is 2.18. The molecule has 0 bridgehead atoms. The molecule has 2 N–H and O–H groups in total. The lowest BCUT2D eigenvalue weighted by molar-refractivity contribution is -0.917. The number of thiocarbonyl (C=S) groups is 1. The second kappa shape index (κ2) is 9.08. The van der Waals surface area contributed by atoms with Crippen LogP contribution < -0.4 is 15.0 Å². The van der Waals surface area contributed by atoms with Crippen LogP contribution >= 0.6 is 12.2 Å². The Morgan fingerprint density at radius 2 is 2.09 bits per heavy atom. The highest BCUT2D eigenvalue weighted by atomic mass is 32.1. The Morgan fingerprint density at radius 3 is 2.74 bits per heavy atom. The van der Waals surface area contributed by atoms with Crippen LogP contribution in [0.5, 0.6) is 5.75 Å². The first-order valence-corrected chi connectivity index (χ1v) is 9.04. The summed E-state index contributed by atoms with van der Waals surface area (Å²) < 4.78 is 5.50. The highest BCUT2D eigenvalue weighted by molar-refractivity contribution is 7.80. The molecule has 1 saturated heterocycles. The third-order valence-corrected chi connectivity index (χ3v) is 4.84. The number of aryl methyl sites for hydroxylation is 1. The van der Waals surface area contributed by atoms with Crippen LogP contribution in [-0.2, 0) is 6.54 Å². The molecule has 1 aliphatic rings. The van der Waals surface area contributed by atoms with E-state index in [-0.39, 0.29) is 0 Å². The van der Waals surface area contributed by atoms with Gasteiger partial charge < -0.3 is 19.9 Å². The topological polar surface area (TPSA) is 28.9 Å². The van der Waals surface area contributed by atoms with E-state index in [0.717, 1.165) is 50.1 Å². The molecule has 0 amide bonds. The third kappa shape index (κ3) is 5.36. The third-order valence-electron chi connectivity index (χ3n) is 4.44. The van der Waals surface area contributed by atoms with Crippen molar-refractivity contribution >= 4 is 17.3 Å². The minimum atomic E-state index is 0.922. The van der Waals surface area contributed by atoms with Crippen molar-refractivity contribution in [1.29, 1.82) is 0 Å². The predicted molar refractivity (Wildman–Crippen MR) is 99.2 cm³/mol. The van der Waals surface area contributed by atoms with Crippen LogP contribution in [-0.4, -0.2) is 49.8 Å². The number of nitrogens with zero attached hydrogens (tertiary/aromatic N) is 1. The van der Waals surface area contributed by atoms with Crippen molar-refractivity contribution in [2.45, 2.75) is 33.2 Å². The van der Waals surface area contributed by atoms with Gasteiger partial charge in [0, 0.05) is 12.1 Å². The summed E-state index contributed by atoms with van der Waals surface area (Å²) in [7, 11) is 1.75. The standard InChI is InChI=1S/C18H29N3OS/c1-4-5-8-19-18(23)21-11-9-20(10-12-21)14-16-13-15(2)6-7-17(16)22-3/h6-7,13H,4-5,8-12,14H2,1-3H3,(H,19,23)/p+1. The average molecular weight is 337 g/mol. The summed E-state index contributed by atoms with van der Waals surface area (Å²) >= 11 is 5.50. The number of piperazine rings is 1. The van der Waals surface area contributed by atoms with Crippen molar-refractivity contribution in [1.82, 2.24) is 10.2 Å². The molecule has 0 unspecified atom stereocenters. The number of unbranched alkanes of at least 4 members (excludes halogenated alkanes) is 1. The zero-order valence-electron chi connectivity index (χ0n) is 14.7. The lowest BCUT2D eigenvalue weighted by atomic mass is 10.1. The molecule has 5 heteroatoms. The van der Waals surface area contributed by atoms with E-state index in [1.807, 2.05) is 0 Å². The van der Waals surface area contributed by atoms with Crippen molar-refractivity contribution < 1.29 is 9.64 Å². The van der Waals surface area contributed by atoms with Gasteiger partial charge in [-0.05, 0) is 37.7 Å². The molecule has 0 atom stereocenters. The summed E-state index contributed by atoms with van der Waals surface area (Å²) in [5.74, 6) is 1.00. The average Bonchev–Trinajstić information content (AvgIpc) is 2.56. The fourth-order valence-electron chi connectivity index (χ4n) is 3.00. The molecular weight excluding hydrogens is 306 g/mol. The van der Waals surface area contributed by atoms with Crippen LogP contribution in [0.1, 0.15) is 30.9 Å². The van der Waals surface area contributed by atoms with Gasteiger partial charge in [-0.1, -0.05) is 25.0 Å². The molecule has 0 aromatic heterocycles. The summed E-state index contributed by atoms with van der Waals surface area (Å²) in [6.07, 6.45) is 2.38. The molecule has 2 rings (SSSR count). The fourth-order valence-corrected chi connectivity index (χ4v) is 3.29. The van der Waals surface area contributed by atoms with Gasteiger partial charge in [-0.15, -0.1) is 0 Å². The zero-order valence-corrected chi connectivity index (χ0v) is 15.5. The second-order valence-corrected chi connectivity index (χ2v) is 6.70. The Labute approximate surface area is 145 Å². The summed E-state index contributed by atoms with van der Waals surface area (Å²) in [5.41, 5.74) is 2.60. The summed E-state index contributed by atoms with van der Waals surface area (Å²) in [5, 5.41) is 4.29. The van der Waals surface area contributed by atoms with Gasteiger partial charge in [0.25, 0.3) is 0 Å². The zero-order chi connectivity index (χ0) is 16.7. The van der Waals surface area contributed by atoms with E-state index in [1.54, 1.807) is 12.0 Å². The number of quaternary nitrogens is 1.